The molecule has 1 aromatic rings. The fourth-order valence-electron chi connectivity index (χ4n) is 1.47. The Morgan fingerprint density at radius 1 is 1.64 bits per heavy atom. The second kappa shape index (κ2) is 2.22. The first-order valence-corrected chi connectivity index (χ1v) is 3.98. The first-order chi connectivity index (χ1) is 5.27. The molecule has 58 valence electrons. The quantitative estimate of drug-likeness (QED) is 0.608. The van der Waals surface area contributed by atoms with Gasteiger partial charge in [0.2, 0.25) is 0 Å². The molecule has 0 spiro atoms. The lowest BCUT2D eigenvalue weighted by Crippen LogP contribution is -1.96. The molecule has 0 aliphatic carbocycles. The Bertz CT molecular complexity index is 281. The van der Waals surface area contributed by atoms with Crippen LogP contribution in [0.4, 0.5) is 5.82 Å². The molecule has 1 unspecified atom stereocenters. The first-order valence-electron chi connectivity index (χ1n) is 3.98. The molecular formula is C9H12N2. The summed E-state index contributed by atoms with van der Waals surface area (Å²) >= 11 is 0. The minimum atomic E-state index is 0.623. The maximum absolute atomic E-state index is 4.30. The molecule has 0 amide bonds. The molecule has 0 bridgehead atoms. The number of nitrogens with one attached hydrogen (secondary N) is 1. The van der Waals surface area contributed by atoms with Crippen LogP contribution in [0.2, 0.25) is 0 Å². The van der Waals surface area contributed by atoms with Gasteiger partial charge in [0.25, 0.3) is 0 Å². The third kappa shape index (κ3) is 0.985. The van der Waals surface area contributed by atoms with Crippen molar-refractivity contribution in [3.8, 4) is 0 Å². The average Bonchev–Trinajstić information content (AvgIpc) is 2.33. The number of hydrogen-bond acceptors (Lipinski definition) is 2. The normalized spacial score (nSPS) is 21.1. The standard InChI is InChI=1S/C9H12N2/c1-6-3-8-7(2)5-11-9(8)10-4-6/h3-4,7H,5H2,1-2H3,(H,10,11). The third-order valence-corrected chi connectivity index (χ3v) is 2.16. The number of rotatable bonds is 0. The number of aromatic nitrogens is 1. The third-order valence-electron chi connectivity index (χ3n) is 2.16. The highest BCUT2D eigenvalue weighted by Gasteiger charge is 2.18. The molecule has 0 saturated heterocycles. The lowest BCUT2D eigenvalue weighted by molar-refractivity contribution is 0.853. The van der Waals surface area contributed by atoms with Gasteiger partial charge in [-0.25, -0.2) is 4.98 Å². The van der Waals surface area contributed by atoms with Crippen molar-refractivity contribution < 1.29 is 0 Å². The predicted octanol–water partition coefficient (Wildman–Crippen LogP) is 1.92. The predicted molar refractivity (Wildman–Crippen MR) is 45.9 cm³/mol. The summed E-state index contributed by atoms with van der Waals surface area (Å²) in [6, 6.07) is 2.22. The molecule has 0 fully saturated rings. The van der Waals surface area contributed by atoms with Crippen molar-refractivity contribution >= 4 is 5.82 Å². The van der Waals surface area contributed by atoms with Crippen molar-refractivity contribution in [3.05, 3.63) is 23.4 Å². The Kier molecular flexibility index (Phi) is 1.34. The van der Waals surface area contributed by atoms with E-state index in [-0.39, 0.29) is 0 Å². The Hall–Kier alpha value is -1.05. The second-order valence-corrected chi connectivity index (χ2v) is 3.23. The highest BCUT2D eigenvalue weighted by atomic mass is 15.0. The molecule has 1 N–H and O–H groups in total. The summed E-state index contributed by atoms with van der Waals surface area (Å²) in [6.07, 6.45) is 1.91. The Morgan fingerprint density at radius 2 is 2.45 bits per heavy atom. The van der Waals surface area contributed by atoms with Gasteiger partial charge in [0.15, 0.2) is 0 Å². The van der Waals surface area contributed by atoms with E-state index in [1.165, 1.54) is 11.1 Å². The zero-order valence-corrected chi connectivity index (χ0v) is 6.89. The van der Waals surface area contributed by atoms with E-state index in [9.17, 15) is 0 Å². The molecule has 1 aromatic heterocycles. The van der Waals surface area contributed by atoms with Crippen LogP contribution in [0.25, 0.3) is 0 Å². The van der Waals surface area contributed by atoms with Crippen molar-refractivity contribution in [2.45, 2.75) is 19.8 Å². The minimum Gasteiger partial charge on any atom is -0.369 e. The Labute approximate surface area is 66.7 Å². The van der Waals surface area contributed by atoms with Gasteiger partial charge < -0.3 is 5.32 Å². The molecule has 2 rings (SSSR count). The van der Waals surface area contributed by atoms with Crippen molar-refractivity contribution in [2.24, 2.45) is 0 Å². The van der Waals surface area contributed by atoms with Gasteiger partial charge in [0, 0.05) is 18.7 Å². The lowest BCUT2D eigenvalue weighted by Gasteiger charge is -2.01. The van der Waals surface area contributed by atoms with E-state index in [0.717, 1.165) is 12.4 Å². The number of aryl methyl sites for hydroxylation is 1. The van der Waals surface area contributed by atoms with E-state index in [4.69, 9.17) is 0 Å². The van der Waals surface area contributed by atoms with Gasteiger partial charge in [-0.2, -0.15) is 0 Å². The van der Waals surface area contributed by atoms with E-state index >= 15 is 0 Å². The molecule has 1 aliphatic heterocycles. The van der Waals surface area contributed by atoms with Crippen LogP contribution in [-0.2, 0) is 0 Å². The summed E-state index contributed by atoms with van der Waals surface area (Å²) in [6.45, 7) is 5.34. The van der Waals surface area contributed by atoms with Crippen LogP contribution in [0.5, 0.6) is 0 Å². The van der Waals surface area contributed by atoms with E-state index in [2.05, 4.69) is 30.2 Å². The number of pyridine rings is 1. The summed E-state index contributed by atoms with van der Waals surface area (Å²) < 4.78 is 0. The van der Waals surface area contributed by atoms with Crippen LogP contribution in [-0.4, -0.2) is 11.5 Å². The van der Waals surface area contributed by atoms with Gasteiger partial charge in [0.05, 0.1) is 0 Å². The van der Waals surface area contributed by atoms with Gasteiger partial charge in [0.1, 0.15) is 5.82 Å². The van der Waals surface area contributed by atoms with E-state index in [1.807, 2.05) is 6.20 Å². The van der Waals surface area contributed by atoms with E-state index < -0.39 is 0 Å². The summed E-state index contributed by atoms with van der Waals surface area (Å²) in [7, 11) is 0. The summed E-state index contributed by atoms with van der Waals surface area (Å²) in [5, 5.41) is 3.27. The number of nitrogens with zero attached hydrogens (tertiary/aromatic N) is 1. The molecule has 0 aromatic carbocycles. The highest BCUT2D eigenvalue weighted by molar-refractivity contribution is 5.52. The molecule has 2 nitrogen and oxygen atoms in total. The molecule has 11 heavy (non-hydrogen) atoms. The van der Waals surface area contributed by atoms with Gasteiger partial charge >= 0.3 is 0 Å². The van der Waals surface area contributed by atoms with Gasteiger partial charge in [-0.05, 0) is 18.1 Å². The average molecular weight is 148 g/mol. The monoisotopic (exact) mass is 148 g/mol. The van der Waals surface area contributed by atoms with Gasteiger partial charge in [-0.15, -0.1) is 0 Å². The maximum Gasteiger partial charge on any atom is 0.129 e. The Balaban J connectivity index is 2.52. The van der Waals surface area contributed by atoms with E-state index in [1.54, 1.807) is 0 Å². The largest absolute Gasteiger partial charge is 0.369 e. The van der Waals surface area contributed by atoms with Crippen LogP contribution < -0.4 is 5.32 Å². The topological polar surface area (TPSA) is 24.9 Å². The SMILES string of the molecule is Cc1cnc2c(c1)C(C)CN2. The maximum atomic E-state index is 4.30. The van der Waals surface area contributed by atoms with Crippen LogP contribution in [0, 0.1) is 6.92 Å². The smallest absolute Gasteiger partial charge is 0.129 e. The summed E-state index contributed by atoms with van der Waals surface area (Å²) in [5.41, 5.74) is 2.62. The zero-order chi connectivity index (χ0) is 7.84. The number of fused-ring (bicyclic) bond motifs is 1. The van der Waals surface area contributed by atoms with Crippen molar-refractivity contribution in [3.63, 3.8) is 0 Å². The molecule has 1 atom stereocenters. The molecule has 2 heterocycles. The molecular weight excluding hydrogens is 136 g/mol. The molecule has 1 aliphatic rings. The lowest BCUT2D eigenvalue weighted by atomic mass is 10.0. The second-order valence-electron chi connectivity index (χ2n) is 3.23. The van der Waals surface area contributed by atoms with Gasteiger partial charge in [-0.1, -0.05) is 13.0 Å². The minimum absolute atomic E-state index is 0.623. The van der Waals surface area contributed by atoms with E-state index in [0.29, 0.717) is 5.92 Å². The van der Waals surface area contributed by atoms with Crippen molar-refractivity contribution in [2.75, 3.05) is 11.9 Å². The fourth-order valence-corrected chi connectivity index (χ4v) is 1.47. The van der Waals surface area contributed by atoms with Gasteiger partial charge in [-0.3, -0.25) is 0 Å². The zero-order valence-electron chi connectivity index (χ0n) is 6.89. The van der Waals surface area contributed by atoms with Crippen LogP contribution >= 0.6 is 0 Å². The number of hydrogen-bond donors (Lipinski definition) is 1. The Morgan fingerprint density at radius 3 is 3.27 bits per heavy atom. The number of anilines is 1. The van der Waals surface area contributed by atoms with Crippen molar-refractivity contribution in [1.29, 1.82) is 0 Å². The summed E-state index contributed by atoms with van der Waals surface area (Å²) in [5.74, 6) is 1.69. The highest BCUT2D eigenvalue weighted by Crippen LogP contribution is 2.28. The van der Waals surface area contributed by atoms with Crippen molar-refractivity contribution in [1.82, 2.24) is 4.98 Å². The van der Waals surface area contributed by atoms with Crippen LogP contribution in [0.1, 0.15) is 24.0 Å². The molecule has 0 radical (unpaired) electrons. The molecule has 2 heteroatoms. The summed E-state index contributed by atoms with van der Waals surface area (Å²) in [4.78, 5) is 4.30. The first kappa shape index (κ1) is 6.65. The van der Waals surface area contributed by atoms with Crippen LogP contribution in [0.15, 0.2) is 12.3 Å². The fraction of sp³-hybridized carbons (Fsp3) is 0.444. The van der Waals surface area contributed by atoms with Crippen LogP contribution in [0.3, 0.4) is 0 Å². The molecule has 0 saturated carbocycles.